The van der Waals surface area contributed by atoms with E-state index in [9.17, 15) is 126 Å². The molecule has 748 valence electrons. The minimum atomic E-state index is -1.98. The Morgan fingerprint density at radius 1 is 0.433 bits per heavy atom. The summed E-state index contributed by atoms with van der Waals surface area (Å²) in [5, 5.41) is 97.4. The number of nitrogens with zero attached hydrogens (tertiary/aromatic N) is 2. The van der Waals surface area contributed by atoms with Crippen molar-refractivity contribution in [1.82, 2.24) is 100 Å². The van der Waals surface area contributed by atoms with E-state index in [0.29, 0.717) is 12.8 Å². The maximum atomic E-state index is 14.3. The van der Waals surface area contributed by atoms with E-state index in [1.54, 1.807) is 50.4 Å². The predicted octanol–water partition coefficient (Wildman–Crippen LogP) is -12.1. The standard InChI is InChI=1S/C81H131N25O27S/c1-38(2)30-50(98-67(119)41(5)94-75(127)62(42(6)107)102-72(124)52(33-57(85)111)100-73(125)54-22-16-27-105(54)78(130)46(83)31-45-18-11-10-12-19-45)70(122)99-51(32-56(84)110)71(123)96-47(21-15-26-88-81(86)87)69(121)93-39(3)65(117)90-35-58(112)89-36-60(114)95-48(24-29-134-9)68(120)91-37-59(113)92-40(4)66(118)97-49(20-13-14-25-82)79(131)106-28-17-23-55(106)74(126)103-64(44(8)109)77(129)104-63(43(7)108)76(128)101-53(80(132)133)34-61(115)116/h10-12,18-19,38-44,46-55,62-64,107-109H,13-17,20-37,82-83H2,1-9H3,(H2,84,110)(H2,85,111)(H,89,112)(H,90,117)(H,91,120)(H,92,113)(H,93,121)(H,94,127)(H,95,114)(H,96,123)(H,97,118)(H,98,119)(H,99,122)(H,100,125)(H,101,128)(H,102,124)(H,103,126)(H,104,129)(H,115,116)(H,132,133)(H4,86,87,88)/t39-,40-,41-,42+,43+,44+,46-,47-,48-,49-,50-,51-,52-,53-,54-,55-,62-,63-,64-/m0/s1. The summed E-state index contributed by atoms with van der Waals surface area (Å²) in [7, 11) is 0. The third kappa shape index (κ3) is 40.6. The summed E-state index contributed by atoms with van der Waals surface area (Å²) in [5.74, 6) is -24.1. The molecule has 20 amide bonds. The van der Waals surface area contributed by atoms with Crippen molar-refractivity contribution in [2.45, 2.75) is 267 Å². The smallest absolute Gasteiger partial charge is 0.326 e. The fourth-order valence-electron chi connectivity index (χ4n) is 13.8. The SMILES string of the molecule is CSCC[C@H](NC(=O)CNC(=O)CNC(=O)[C@H](C)NC(=O)[C@H](CCCNC(=N)N)NC(=O)[C@H](CC(N)=O)NC(=O)[C@H](CC(C)C)NC(=O)[C@H](C)NC(=O)[C@@H](NC(=O)[C@H](CC(N)=O)NC(=O)[C@@H]1CCCN1C(=O)[C@@H](N)Cc1ccccc1)[C@@H](C)O)C(=O)NCC(=O)N[C@@H](C)C(=O)N[C@@H](CCCCN)C(=O)N1CCC[C@H]1C(=O)N[C@H](C(=O)N[C@H](C(=O)N[C@@H](CC(=O)O)C(=O)O)[C@@H](C)O)[C@@H](C)O. The van der Waals surface area contributed by atoms with Crippen molar-refractivity contribution in [3.8, 4) is 0 Å². The van der Waals surface area contributed by atoms with E-state index in [2.05, 4.69) is 85.1 Å². The summed E-state index contributed by atoms with van der Waals surface area (Å²) in [5.41, 5.74) is 29.1. The molecule has 53 heteroatoms. The quantitative estimate of drug-likeness (QED) is 0.0164. The highest BCUT2D eigenvalue weighted by atomic mass is 32.2. The Kier molecular flexibility index (Phi) is 49.9. The second-order valence-electron chi connectivity index (χ2n) is 32.8. The number of carboxylic acids is 2. The van der Waals surface area contributed by atoms with Gasteiger partial charge >= 0.3 is 11.9 Å². The number of nitrogens with one attached hydrogen (secondary N) is 18. The third-order valence-electron chi connectivity index (χ3n) is 20.9. The van der Waals surface area contributed by atoms with Gasteiger partial charge in [0, 0.05) is 19.6 Å². The van der Waals surface area contributed by atoms with Gasteiger partial charge in [0.1, 0.15) is 90.6 Å². The van der Waals surface area contributed by atoms with Crippen LogP contribution in [0.4, 0.5) is 0 Å². The molecule has 0 bridgehead atoms. The topological polar surface area (TPSA) is 842 Å². The zero-order valence-electron chi connectivity index (χ0n) is 76.1. The fourth-order valence-corrected chi connectivity index (χ4v) is 14.2. The minimum Gasteiger partial charge on any atom is -0.481 e. The normalized spacial score (nSPS) is 17.2. The Labute approximate surface area is 776 Å². The Balaban J connectivity index is 1.63. The highest BCUT2D eigenvalue weighted by Gasteiger charge is 2.44. The van der Waals surface area contributed by atoms with Gasteiger partial charge in [-0.25, -0.2) is 4.79 Å². The molecule has 33 N–H and O–H groups in total. The van der Waals surface area contributed by atoms with Crippen LogP contribution in [-0.4, -0.2) is 344 Å². The molecule has 0 saturated carbocycles. The minimum absolute atomic E-state index is 0.00622. The zero-order valence-corrected chi connectivity index (χ0v) is 76.9. The summed E-state index contributed by atoms with van der Waals surface area (Å²) in [6, 6.07) is -16.1. The lowest BCUT2D eigenvalue weighted by atomic mass is 10.0. The van der Waals surface area contributed by atoms with Crippen LogP contribution in [0.1, 0.15) is 151 Å². The van der Waals surface area contributed by atoms with Crippen LogP contribution in [0, 0.1) is 11.3 Å². The molecule has 2 aliphatic heterocycles. The van der Waals surface area contributed by atoms with Crippen molar-refractivity contribution in [3.63, 3.8) is 0 Å². The van der Waals surface area contributed by atoms with Crippen molar-refractivity contribution in [2.75, 3.05) is 57.8 Å². The van der Waals surface area contributed by atoms with Gasteiger partial charge in [0.15, 0.2) is 5.96 Å². The first-order valence-electron chi connectivity index (χ1n) is 43.4. The lowest BCUT2D eigenvalue weighted by Gasteiger charge is -2.31. The van der Waals surface area contributed by atoms with Gasteiger partial charge in [-0.05, 0) is 149 Å². The number of nitrogens with two attached hydrogens (primary N) is 5. The Hall–Kier alpha value is -13.0. The number of rotatable bonds is 59. The van der Waals surface area contributed by atoms with E-state index in [4.69, 9.17) is 39.2 Å². The maximum Gasteiger partial charge on any atom is 0.326 e. The van der Waals surface area contributed by atoms with Crippen LogP contribution in [-0.2, 0) is 112 Å². The van der Waals surface area contributed by atoms with Crippen molar-refractivity contribution in [1.29, 1.82) is 5.41 Å². The number of aliphatic carboxylic acids is 2. The largest absolute Gasteiger partial charge is 0.481 e. The highest BCUT2D eigenvalue weighted by molar-refractivity contribution is 7.98. The number of benzene rings is 1. The monoisotopic (exact) mass is 1920 g/mol. The molecule has 2 heterocycles. The lowest BCUT2D eigenvalue weighted by molar-refractivity contribution is -0.148. The van der Waals surface area contributed by atoms with Gasteiger partial charge in [-0.2, -0.15) is 11.8 Å². The molecule has 2 aliphatic rings. The molecule has 0 spiro atoms. The molecule has 0 aromatic heterocycles. The van der Waals surface area contributed by atoms with Gasteiger partial charge in [-0.1, -0.05) is 44.2 Å². The lowest BCUT2D eigenvalue weighted by Crippen LogP contribution is -2.62. The van der Waals surface area contributed by atoms with Gasteiger partial charge < -0.3 is 154 Å². The number of aliphatic hydroxyl groups excluding tert-OH is 3. The number of hydrogen-bond acceptors (Lipinski definition) is 29. The molecule has 2 saturated heterocycles. The van der Waals surface area contributed by atoms with E-state index in [1.807, 2.05) is 5.32 Å². The number of carbonyl (C=O) groups is 22. The average molecular weight is 1920 g/mol. The summed E-state index contributed by atoms with van der Waals surface area (Å²) in [6.07, 6.45) is -5.08. The second kappa shape index (κ2) is 58.1. The maximum absolute atomic E-state index is 14.3. The number of likely N-dealkylation sites (tertiary alicyclic amines) is 2. The number of carboxylic acid groups (broad SMARTS) is 2. The molecule has 134 heavy (non-hydrogen) atoms. The summed E-state index contributed by atoms with van der Waals surface area (Å²) >= 11 is 1.28. The molecule has 0 aliphatic carbocycles. The summed E-state index contributed by atoms with van der Waals surface area (Å²) in [4.78, 5) is 296. The first-order chi connectivity index (χ1) is 62.9. The highest BCUT2D eigenvalue weighted by Crippen LogP contribution is 2.23. The van der Waals surface area contributed by atoms with Gasteiger partial charge in [0.05, 0.1) is 63.3 Å². The van der Waals surface area contributed by atoms with E-state index in [0.717, 1.165) is 38.2 Å². The Bertz CT molecular complexity index is 4300. The number of amides is 20. The Morgan fingerprint density at radius 3 is 1.40 bits per heavy atom. The molecule has 3 rings (SSSR count). The predicted molar refractivity (Wildman–Crippen MR) is 476 cm³/mol. The van der Waals surface area contributed by atoms with Gasteiger partial charge in [0.25, 0.3) is 0 Å². The molecule has 19 atom stereocenters. The van der Waals surface area contributed by atoms with Crippen LogP contribution in [0.25, 0.3) is 0 Å². The number of primary amides is 2. The van der Waals surface area contributed by atoms with Gasteiger partial charge in [-0.15, -0.1) is 0 Å². The van der Waals surface area contributed by atoms with Crippen LogP contribution in [0.5, 0.6) is 0 Å². The van der Waals surface area contributed by atoms with E-state index in [1.165, 1.54) is 30.5 Å². The van der Waals surface area contributed by atoms with Crippen molar-refractivity contribution in [2.24, 2.45) is 34.6 Å². The first-order valence-corrected chi connectivity index (χ1v) is 44.8. The van der Waals surface area contributed by atoms with E-state index < -0.39 is 296 Å². The van der Waals surface area contributed by atoms with Crippen LogP contribution < -0.4 is 119 Å². The van der Waals surface area contributed by atoms with Gasteiger partial charge in [-0.3, -0.25) is 106 Å². The number of carbonyl (C=O) groups excluding carboxylic acids is 20. The summed E-state index contributed by atoms with van der Waals surface area (Å²) < 4.78 is 0. The number of hydrogen-bond donors (Lipinski definition) is 28. The molecular formula is C81H131N25O27S. The van der Waals surface area contributed by atoms with Crippen molar-refractivity contribution < 1.29 is 131 Å². The van der Waals surface area contributed by atoms with E-state index >= 15 is 0 Å². The average Bonchev–Trinajstić information content (AvgIpc) is 1.58. The van der Waals surface area contributed by atoms with Gasteiger partial charge in [0.2, 0.25) is 118 Å². The fraction of sp³-hybridized carbons (Fsp3) is 0.642. The molecular weight excluding hydrogens is 1790 g/mol. The van der Waals surface area contributed by atoms with Crippen molar-refractivity contribution >= 4 is 148 Å². The number of unbranched alkanes of at least 4 members (excludes halogenated alkanes) is 1. The molecule has 2 fully saturated rings. The third-order valence-corrected chi connectivity index (χ3v) is 21.5. The van der Waals surface area contributed by atoms with Crippen LogP contribution >= 0.6 is 11.8 Å². The second-order valence-corrected chi connectivity index (χ2v) is 33.7. The van der Waals surface area contributed by atoms with Crippen LogP contribution in [0.15, 0.2) is 30.3 Å². The summed E-state index contributed by atoms with van der Waals surface area (Å²) in [6.45, 7) is 8.04. The molecule has 0 unspecified atom stereocenters. The van der Waals surface area contributed by atoms with Crippen molar-refractivity contribution in [3.05, 3.63) is 35.9 Å². The van der Waals surface area contributed by atoms with E-state index in [-0.39, 0.29) is 96.1 Å². The number of thioether (sulfide) groups is 1. The number of guanidine groups is 1. The zero-order chi connectivity index (χ0) is 101. The molecule has 1 aromatic carbocycles. The van der Waals surface area contributed by atoms with Crippen LogP contribution in [0.2, 0.25) is 0 Å². The molecule has 0 radical (unpaired) electrons. The Morgan fingerprint density at radius 2 is 0.858 bits per heavy atom. The first kappa shape index (κ1) is 115. The number of aliphatic hydroxyl groups is 3. The molecule has 1 aromatic rings. The van der Waals surface area contributed by atoms with Crippen LogP contribution in [0.3, 0.4) is 0 Å². The molecule has 52 nitrogen and oxygen atoms in total.